The molecule has 3 rings (SSSR count). The van der Waals surface area contributed by atoms with Crippen LogP contribution in [0.2, 0.25) is 0 Å². The van der Waals surface area contributed by atoms with Crippen LogP contribution < -0.4 is 10.5 Å². The Kier molecular flexibility index (Phi) is 3.97. The van der Waals surface area contributed by atoms with Gasteiger partial charge in [0.25, 0.3) is 0 Å². The third-order valence-corrected chi connectivity index (χ3v) is 3.41. The van der Waals surface area contributed by atoms with Crippen molar-refractivity contribution in [3.8, 4) is 17.2 Å². The Morgan fingerprint density at radius 1 is 0.773 bits per heavy atom. The van der Waals surface area contributed by atoms with Crippen molar-refractivity contribution in [3.63, 3.8) is 0 Å². The first kappa shape index (κ1) is 14.0. The van der Waals surface area contributed by atoms with Crippen LogP contribution in [0.4, 0.5) is 5.69 Å². The molecule has 0 atom stereocenters. The first-order valence-corrected chi connectivity index (χ1v) is 7.10. The van der Waals surface area contributed by atoms with Crippen molar-refractivity contribution in [1.29, 1.82) is 0 Å². The fraction of sp³-hybridized carbons (Fsp3) is 0.0526. The SMILES string of the molecule is Nc1cc(Oc2ccc(Cc3ccccc3)cc2)ccc1O. The molecule has 0 aliphatic rings. The number of ether oxygens (including phenoxy) is 1. The highest BCUT2D eigenvalue weighted by atomic mass is 16.5. The van der Waals surface area contributed by atoms with E-state index in [0.29, 0.717) is 11.4 Å². The molecule has 3 N–H and O–H groups in total. The van der Waals surface area contributed by atoms with E-state index in [2.05, 4.69) is 12.1 Å². The molecule has 0 heterocycles. The summed E-state index contributed by atoms with van der Waals surface area (Å²) in [6.45, 7) is 0. The fourth-order valence-corrected chi connectivity index (χ4v) is 2.24. The summed E-state index contributed by atoms with van der Waals surface area (Å²) in [5.41, 5.74) is 8.46. The van der Waals surface area contributed by atoms with Gasteiger partial charge in [0.15, 0.2) is 0 Å². The zero-order chi connectivity index (χ0) is 15.4. The number of rotatable bonds is 4. The highest BCUT2D eigenvalue weighted by molar-refractivity contribution is 5.55. The fourth-order valence-electron chi connectivity index (χ4n) is 2.24. The lowest BCUT2D eigenvalue weighted by Crippen LogP contribution is -1.90. The lowest BCUT2D eigenvalue weighted by Gasteiger charge is -2.08. The minimum absolute atomic E-state index is 0.0607. The van der Waals surface area contributed by atoms with Crippen molar-refractivity contribution in [2.45, 2.75) is 6.42 Å². The average Bonchev–Trinajstić information content (AvgIpc) is 2.54. The van der Waals surface area contributed by atoms with Gasteiger partial charge in [-0.1, -0.05) is 42.5 Å². The number of nitrogens with two attached hydrogens (primary N) is 1. The van der Waals surface area contributed by atoms with Crippen molar-refractivity contribution in [3.05, 3.63) is 83.9 Å². The Balaban J connectivity index is 1.70. The minimum Gasteiger partial charge on any atom is -0.506 e. The van der Waals surface area contributed by atoms with Gasteiger partial charge in [0.1, 0.15) is 17.2 Å². The zero-order valence-electron chi connectivity index (χ0n) is 12.1. The predicted octanol–water partition coefficient (Wildman–Crippen LogP) is 4.36. The molecule has 3 aromatic rings. The Morgan fingerprint density at radius 3 is 2.09 bits per heavy atom. The molecular formula is C19H17NO2. The minimum atomic E-state index is 0.0607. The van der Waals surface area contributed by atoms with Crippen LogP contribution in [-0.2, 0) is 6.42 Å². The molecule has 3 heteroatoms. The maximum atomic E-state index is 9.41. The van der Waals surface area contributed by atoms with E-state index in [9.17, 15) is 5.11 Å². The van der Waals surface area contributed by atoms with E-state index >= 15 is 0 Å². The third-order valence-electron chi connectivity index (χ3n) is 3.41. The van der Waals surface area contributed by atoms with E-state index in [1.54, 1.807) is 12.1 Å². The molecule has 0 unspecified atom stereocenters. The predicted molar refractivity (Wildman–Crippen MR) is 88.3 cm³/mol. The van der Waals surface area contributed by atoms with Gasteiger partial charge in [-0.25, -0.2) is 0 Å². The van der Waals surface area contributed by atoms with Gasteiger partial charge in [-0.3, -0.25) is 0 Å². The largest absolute Gasteiger partial charge is 0.506 e. The molecule has 22 heavy (non-hydrogen) atoms. The van der Waals surface area contributed by atoms with Crippen molar-refractivity contribution in [2.24, 2.45) is 0 Å². The van der Waals surface area contributed by atoms with E-state index in [1.165, 1.54) is 17.2 Å². The molecule has 0 bridgehead atoms. The van der Waals surface area contributed by atoms with Gasteiger partial charge in [0.05, 0.1) is 5.69 Å². The lowest BCUT2D eigenvalue weighted by molar-refractivity contribution is 0.467. The van der Waals surface area contributed by atoms with Crippen LogP contribution >= 0.6 is 0 Å². The van der Waals surface area contributed by atoms with Gasteiger partial charge in [-0.2, -0.15) is 0 Å². The molecule has 3 nitrogen and oxygen atoms in total. The summed E-state index contributed by atoms with van der Waals surface area (Å²) >= 11 is 0. The normalized spacial score (nSPS) is 10.4. The average molecular weight is 291 g/mol. The van der Waals surface area contributed by atoms with E-state index in [1.807, 2.05) is 42.5 Å². The molecule has 0 saturated heterocycles. The molecular weight excluding hydrogens is 274 g/mol. The third kappa shape index (κ3) is 3.38. The van der Waals surface area contributed by atoms with E-state index in [0.717, 1.165) is 12.2 Å². The molecule has 110 valence electrons. The first-order chi connectivity index (χ1) is 10.7. The second-order valence-electron chi connectivity index (χ2n) is 5.13. The second kappa shape index (κ2) is 6.22. The van der Waals surface area contributed by atoms with Crippen LogP contribution in [0.3, 0.4) is 0 Å². The zero-order valence-corrected chi connectivity index (χ0v) is 12.1. The van der Waals surface area contributed by atoms with Crippen molar-refractivity contribution < 1.29 is 9.84 Å². The summed E-state index contributed by atoms with van der Waals surface area (Å²) in [4.78, 5) is 0. The first-order valence-electron chi connectivity index (χ1n) is 7.10. The summed E-state index contributed by atoms with van der Waals surface area (Å²) in [5.74, 6) is 1.40. The van der Waals surface area contributed by atoms with Gasteiger partial charge < -0.3 is 15.6 Å². The number of aromatic hydroxyl groups is 1. The molecule has 0 saturated carbocycles. The number of hydrogen-bond acceptors (Lipinski definition) is 3. The number of phenols is 1. The quantitative estimate of drug-likeness (QED) is 0.555. The highest BCUT2D eigenvalue weighted by Gasteiger charge is 2.02. The lowest BCUT2D eigenvalue weighted by atomic mass is 10.1. The Morgan fingerprint density at radius 2 is 1.41 bits per heavy atom. The Labute approximate surface area is 129 Å². The van der Waals surface area contributed by atoms with Crippen LogP contribution in [0.25, 0.3) is 0 Å². The maximum absolute atomic E-state index is 9.41. The summed E-state index contributed by atoms with van der Waals surface area (Å²) in [5, 5.41) is 9.41. The number of phenolic OH excluding ortho intramolecular Hbond substituents is 1. The maximum Gasteiger partial charge on any atom is 0.138 e. The van der Waals surface area contributed by atoms with Crippen LogP contribution in [0.15, 0.2) is 72.8 Å². The summed E-state index contributed by atoms with van der Waals surface area (Å²) < 4.78 is 5.73. The van der Waals surface area contributed by atoms with E-state index in [4.69, 9.17) is 10.5 Å². The van der Waals surface area contributed by atoms with Gasteiger partial charge in [-0.05, 0) is 41.8 Å². The molecule has 3 aromatic carbocycles. The van der Waals surface area contributed by atoms with Crippen molar-refractivity contribution in [2.75, 3.05) is 5.73 Å². The van der Waals surface area contributed by atoms with Crippen LogP contribution in [0.1, 0.15) is 11.1 Å². The molecule has 0 radical (unpaired) electrons. The van der Waals surface area contributed by atoms with Crippen LogP contribution in [-0.4, -0.2) is 5.11 Å². The molecule has 0 aromatic heterocycles. The number of anilines is 1. The number of hydrogen-bond donors (Lipinski definition) is 2. The van der Waals surface area contributed by atoms with Crippen LogP contribution in [0, 0.1) is 0 Å². The van der Waals surface area contributed by atoms with E-state index < -0.39 is 0 Å². The van der Waals surface area contributed by atoms with Gasteiger partial charge in [0, 0.05) is 6.07 Å². The topological polar surface area (TPSA) is 55.5 Å². The van der Waals surface area contributed by atoms with Gasteiger partial charge in [0.2, 0.25) is 0 Å². The second-order valence-corrected chi connectivity index (χ2v) is 5.13. The van der Waals surface area contributed by atoms with Crippen molar-refractivity contribution in [1.82, 2.24) is 0 Å². The summed E-state index contributed by atoms with van der Waals surface area (Å²) in [6, 6.07) is 23.1. The molecule has 0 amide bonds. The van der Waals surface area contributed by atoms with Gasteiger partial charge >= 0.3 is 0 Å². The molecule has 0 spiro atoms. The molecule has 0 fully saturated rings. The monoisotopic (exact) mass is 291 g/mol. The van der Waals surface area contributed by atoms with Crippen LogP contribution in [0.5, 0.6) is 17.2 Å². The summed E-state index contributed by atoms with van der Waals surface area (Å²) in [6.07, 6.45) is 0.896. The summed E-state index contributed by atoms with van der Waals surface area (Å²) in [7, 11) is 0. The van der Waals surface area contributed by atoms with E-state index in [-0.39, 0.29) is 5.75 Å². The Bertz CT molecular complexity index is 752. The van der Waals surface area contributed by atoms with Crippen molar-refractivity contribution >= 4 is 5.69 Å². The standard InChI is InChI=1S/C19H17NO2/c20-18-13-17(10-11-19(18)21)22-16-8-6-15(7-9-16)12-14-4-2-1-3-5-14/h1-11,13,21H,12,20H2. The molecule has 0 aliphatic heterocycles. The number of benzene rings is 3. The number of nitrogen functional groups attached to an aromatic ring is 1. The smallest absolute Gasteiger partial charge is 0.138 e. The molecule has 0 aliphatic carbocycles. The van der Waals surface area contributed by atoms with Gasteiger partial charge in [-0.15, -0.1) is 0 Å². The highest BCUT2D eigenvalue weighted by Crippen LogP contribution is 2.28. The Hall–Kier alpha value is -2.94.